The van der Waals surface area contributed by atoms with Crippen molar-refractivity contribution in [1.82, 2.24) is 14.5 Å². The van der Waals surface area contributed by atoms with Crippen molar-refractivity contribution in [3.63, 3.8) is 0 Å². The monoisotopic (exact) mass is 453 g/mol. The molecular formula is C23H23N3O7. The van der Waals surface area contributed by atoms with Gasteiger partial charge in [0, 0.05) is 6.07 Å². The van der Waals surface area contributed by atoms with E-state index in [9.17, 15) is 24.9 Å². The van der Waals surface area contributed by atoms with Gasteiger partial charge in [0.1, 0.15) is 30.7 Å². The van der Waals surface area contributed by atoms with Crippen LogP contribution in [0.25, 0.3) is 22.3 Å². The second-order valence-electron chi connectivity index (χ2n) is 7.67. The Morgan fingerprint density at radius 1 is 1.00 bits per heavy atom. The zero-order valence-corrected chi connectivity index (χ0v) is 17.5. The van der Waals surface area contributed by atoms with Gasteiger partial charge in [-0.25, -0.2) is 4.79 Å². The highest BCUT2D eigenvalue weighted by atomic mass is 16.5. The summed E-state index contributed by atoms with van der Waals surface area (Å²) in [7, 11) is 0. The number of fused-ring (bicyclic) bond motifs is 2. The third-order valence-electron chi connectivity index (χ3n) is 5.36. The van der Waals surface area contributed by atoms with E-state index in [4.69, 9.17) is 9.84 Å². The van der Waals surface area contributed by atoms with Crippen LogP contribution >= 0.6 is 0 Å². The van der Waals surface area contributed by atoms with Gasteiger partial charge in [-0.3, -0.25) is 9.78 Å². The molecule has 2 aliphatic rings. The fourth-order valence-corrected chi connectivity index (χ4v) is 3.61. The molecule has 0 unspecified atom stereocenters. The third kappa shape index (κ3) is 4.78. The number of aromatic amines is 1. The summed E-state index contributed by atoms with van der Waals surface area (Å²) in [6.45, 7) is -0.754. The molecule has 0 radical (unpaired) electrons. The molecule has 2 aromatic rings. The molecule has 0 fully saturated rings. The molecule has 2 heterocycles. The number of nitrogens with one attached hydrogen (secondary N) is 1. The molecule has 5 N–H and O–H groups in total. The molecule has 10 heteroatoms. The smallest absolute Gasteiger partial charge is 0.349 e. The van der Waals surface area contributed by atoms with Gasteiger partial charge in [0.25, 0.3) is 5.56 Å². The molecule has 2 aliphatic heterocycles. The maximum absolute atomic E-state index is 12.4. The van der Waals surface area contributed by atoms with E-state index in [0.29, 0.717) is 23.3 Å². The summed E-state index contributed by atoms with van der Waals surface area (Å²) in [5, 5.41) is 40.0. The second kappa shape index (κ2) is 9.51. The van der Waals surface area contributed by atoms with Crippen LogP contribution in [0, 0.1) is 0 Å². The number of pyridine rings is 1. The normalized spacial score (nSPS) is 14.3. The molecular weight excluding hydrogens is 430 g/mol. The molecule has 33 heavy (non-hydrogen) atoms. The van der Waals surface area contributed by atoms with Crippen molar-refractivity contribution in [2.75, 3.05) is 6.61 Å². The van der Waals surface area contributed by atoms with Gasteiger partial charge in [-0.15, -0.1) is 0 Å². The summed E-state index contributed by atoms with van der Waals surface area (Å²) >= 11 is 0. The highest BCUT2D eigenvalue weighted by Crippen LogP contribution is 2.28. The average Bonchev–Trinajstić information content (AvgIpc) is 2.82. The lowest BCUT2D eigenvalue weighted by Crippen LogP contribution is -2.42. The van der Waals surface area contributed by atoms with Gasteiger partial charge >= 0.3 is 5.69 Å². The van der Waals surface area contributed by atoms with Crippen LogP contribution in [-0.2, 0) is 13.2 Å². The quantitative estimate of drug-likeness (QED) is 0.230. The number of H-pyrrole nitrogens is 1. The Balaban J connectivity index is 1.80. The van der Waals surface area contributed by atoms with Gasteiger partial charge in [0.2, 0.25) is 0 Å². The van der Waals surface area contributed by atoms with E-state index in [1.165, 1.54) is 4.57 Å². The van der Waals surface area contributed by atoms with Crippen molar-refractivity contribution in [1.29, 1.82) is 0 Å². The molecule has 0 aliphatic carbocycles. The van der Waals surface area contributed by atoms with Crippen LogP contribution in [-0.4, -0.2) is 59.9 Å². The first-order chi connectivity index (χ1) is 15.9. The number of ether oxygens (including phenoxy) is 1. The summed E-state index contributed by atoms with van der Waals surface area (Å²) < 4.78 is 7.29. The maximum Gasteiger partial charge on any atom is 0.349 e. The predicted molar refractivity (Wildman–Crippen MR) is 119 cm³/mol. The molecule has 10 nitrogen and oxygen atoms in total. The Bertz CT molecular complexity index is 1340. The summed E-state index contributed by atoms with van der Waals surface area (Å²) in [6.07, 6.45) is -4.77. The van der Waals surface area contributed by atoms with Gasteiger partial charge in [0.15, 0.2) is 5.82 Å². The average molecular weight is 453 g/mol. The van der Waals surface area contributed by atoms with Crippen LogP contribution in [0.15, 0.2) is 64.2 Å². The van der Waals surface area contributed by atoms with E-state index in [2.05, 4.69) is 9.97 Å². The number of hydrogen-bond acceptors (Lipinski definition) is 8. The Labute approximate surface area is 187 Å². The number of nitrogens with zero attached hydrogens (tertiary/aromatic N) is 2. The molecule has 172 valence electrons. The Morgan fingerprint density at radius 3 is 2.48 bits per heavy atom. The lowest BCUT2D eigenvalue weighted by molar-refractivity contribution is -0.0802. The van der Waals surface area contributed by atoms with E-state index in [1.54, 1.807) is 24.3 Å². The van der Waals surface area contributed by atoms with Crippen molar-refractivity contribution in [2.24, 2.45) is 0 Å². The standard InChI is InChI=1S/C23H23N3O7/c27-11-19(29)20(30)18(28)10-26-17-9-15(33-12-13-4-2-1-3-5-13)7-6-14(17)8-16-21(26)24-23(32)25-22(16)31/h1-9,18-20,27-30H,10-12H2,(H,25,31,32)/t18-,19+,20-/m0/s1. The highest BCUT2D eigenvalue weighted by Gasteiger charge is 2.27. The van der Waals surface area contributed by atoms with Crippen LogP contribution in [0.1, 0.15) is 5.56 Å². The zero-order valence-electron chi connectivity index (χ0n) is 17.5. The predicted octanol–water partition coefficient (Wildman–Crippen LogP) is -0.156. The largest absolute Gasteiger partial charge is 0.489 e. The van der Waals surface area contributed by atoms with Crippen LogP contribution in [0.5, 0.6) is 5.75 Å². The van der Waals surface area contributed by atoms with Crippen molar-refractivity contribution < 1.29 is 25.2 Å². The Kier molecular flexibility index (Phi) is 6.52. The van der Waals surface area contributed by atoms with Crippen molar-refractivity contribution in [3.8, 4) is 17.1 Å². The fraction of sp³-hybridized carbons (Fsp3) is 0.261. The van der Waals surface area contributed by atoms with Crippen LogP contribution in [0.4, 0.5) is 0 Å². The lowest BCUT2D eigenvalue weighted by Gasteiger charge is -2.25. The van der Waals surface area contributed by atoms with Crippen LogP contribution in [0.3, 0.4) is 0 Å². The first-order valence-electron chi connectivity index (χ1n) is 10.3. The van der Waals surface area contributed by atoms with Gasteiger partial charge < -0.3 is 29.7 Å². The zero-order chi connectivity index (χ0) is 23.5. The van der Waals surface area contributed by atoms with Crippen molar-refractivity contribution in [2.45, 2.75) is 31.5 Å². The van der Waals surface area contributed by atoms with Gasteiger partial charge in [-0.2, -0.15) is 4.98 Å². The van der Waals surface area contributed by atoms with E-state index in [-0.39, 0.29) is 17.9 Å². The molecule has 4 rings (SSSR count). The van der Waals surface area contributed by atoms with Crippen molar-refractivity contribution >= 4 is 10.9 Å². The molecule has 3 atom stereocenters. The van der Waals surface area contributed by atoms with E-state index >= 15 is 0 Å². The number of hydrogen-bond donors (Lipinski definition) is 5. The van der Waals surface area contributed by atoms with Gasteiger partial charge in [-0.05, 0) is 29.1 Å². The first-order valence-corrected chi connectivity index (χ1v) is 10.3. The number of benzene rings is 2. The van der Waals surface area contributed by atoms with E-state index in [0.717, 1.165) is 5.56 Å². The van der Waals surface area contributed by atoms with Gasteiger partial charge in [-0.1, -0.05) is 30.3 Å². The number of rotatable bonds is 8. The molecule has 0 spiro atoms. The fourth-order valence-electron chi connectivity index (χ4n) is 3.61. The van der Waals surface area contributed by atoms with Crippen LogP contribution < -0.4 is 16.0 Å². The topological polar surface area (TPSA) is 158 Å². The second-order valence-corrected chi connectivity index (χ2v) is 7.67. The SMILES string of the molecule is O=c1nc2n(C[C@H](O)[C@H](O)[C@H](O)CO)c3cc(OCc4ccccc4)ccc3cc-2c(=O)[nH]1. The van der Waals surface area contributed by atoms with E-state index < -0.39 is 36.2 Å². The highest BCUT2D eigenvalue weighted by molar-refractivity contribution is 5.86. The summed E-state index contributed by atoms with van der Waals surface area (Å²) in [5.74, 6) is 0.498. The minimum absolute atomic E-state index is 0.00111. The summed E-state index contributed by atoms with van der Waals surface area (Å²) in [5.41, 5.74) is 0.0578. The Hall–Kier alpha value is -3.57. The summed E-state index contributed by atoms with van der Waals surface area (Å²) in [4.78, 5) is 30.3. The molecule has 0 amide bonds. The molecule has 0 saturated carbocycles. The molecule has 2 aromatic carbocycles. The minimum atomic E-state index is -1.67. The number of aromatic nitrogens is 3. The third-order valence-corrected chi connectivity index (χ3v) is 5.36. The lowest BCUT2D eigenvalue weighted by atomic mass is 10.1. The van der Waals surface area contributed by atoms with Crippen molar-refractivity contribution in [3.05, 3.63) is 81.0 Å². The van der Waals surface area contributed by atoms with Crippen LogP contribution in [0.2, 0.25) is 0 Å². The minimum Gasteiger partial charge on any atom is -0.489 e. The Morgan fingerprint density at radius 2 is 1.76 bits per heavy atom. The maximum atomic E-state index is 12.4. The molecule has 0 bridgehead atoms. The number of aliphatic hydroxyl groups excluding tert-OH is 4. The molecule has 0 saturated heterocycles. The van der Waals surface area contributed by atoms with Gasteiger partial charge in [0.05, 0.1) is 24.2 Å². The number of aliphatic hydroxyl groups is 4. The van der Waals surface area contributed by atoms with E-state index in [1.807, 2.05) is 30.3 Å². The first kappa shape index (κ1) is 22.6. The summed E-state index contributed by atoms with van der Waals surface area (Å²) in [6, 6.07) is 16.2. The molecule has 0 aromatic heterocycles.